The third kappa shape index (κ3) is 2.72. The number of benzene rings is 1. The molecule has 98 valence electrons. The average Bonchev–Trinajstić information content (AvgIpc) is 2.38. The van der Waals surface area contributed by atoms with Crippen molar-refractivity contribution in [3.05, 3.63) is 33.9 Å². The smallest absolute Gasteiger partial charge is 0.292 e. The summed E-state index contributed by atoms with van der Waals surface area (Å²) in [6.45, 7) is 2.96. The van der Waals surface area contributed by atoms with E-state index in [1.165, 1.54) is 0 Å². The van der Waals surface area contributed by atoms with Crippen molar-refractivity contribution in [3.8, 4) is 0 Å². The van der Waals surface area contributed by atoms with Crippen molar-refractivity contribution in [2.45, 2.75) is 18.8 Å². The summed E-state index contributed by atoms with van der Waals surface area (Å²) in [6.07, 6.45) is 0. The number of anilines is 1. The summed E-state index contributed by atoms with van der Waals surface area (Å²) in [7, 11) is 0. The first-order valence-corrected chi connectivity index (χ1v) is 7.50. The predicted molar refractivity (Wildman–Crippen MR) is 76.8 cm³/mol. The standard InChI is InChI=1S/C12H15ClN2O2S/c1-9-8-18-5-4-14(9)11-3-2-10(7-13)6-12(11)15(16)17/h2-3,6,9H,4-5,7-8H2,1H3. The Labute approximate surface area is 115 Å². The fourth-order valence-corrected chi connectivity index (χ4v) is 3.31. The SMILES string of the molecule is CC1CSCCN1c1ccc(CCl)cc1[N+](=O)[O-]. The van der Waals surface area contributed by atoms with E-state index in [2.05, 4.69) is 11.8 Å². The molecule has 1 atom stereocenters. The van der Waals surface area contributed by atoms with Crippen molar-refractivity contribution in [1.82, 2.24) is 0 Å². The summed E-state index contributed by atoms with van der Waals surface area (Å²) in [6, 6.07) is 5.59. The zero-order valence-electron chi connectivity index (χ0n) is 10.1. The van der Waals surface area contributed by atoms with Gasteiger partial charge in [-0.3, -0.25) is 10.1 Å². The molecule has 4 nitrogen and oxygen atoms in total. The molecular formula is C12H15ClN2O2S. The van der Waals surface area contributed by atoms with Gasteiger partial charge in [0.15, 0.2) is 0 Å². The van der Waals surface area contributed by atoms with Gasteiger partial charge < -0.3 is 4.90 Å². The molecule has 0 N–H and O–H groups in total. The van der Waals surface area contributed by atoms with Crippen LogP contribution >= 0.6 is 23.4 Å². The van der Waals surface area contributed by atoms with Crippen molar-refractivity contribution < 1.29 is 4.92 Å². The van der Waals surface area contributed by atoms with Gasteiger partial charge >= 0.3 is 0 Å². The first-order valence-electron chi connectivity index (χ1n) is 5.81. The van der Waals surface area contributed by atoms with Gasteiger partial charge in [-0.15, -0.1) is 11.6 Å². The first kappa shape index (κ1) is 13.5. The molecule has 0 aliphatic carbocycles. The van der Waals surface area contributed by atoms with Gasteiger partial charge in [0.25, 0.3) is 5.69 Å². The van der Waals surface area contributed by atoms with Crippen molar-refractivity contribution in [1.29, 1.82) is 0 Å². The fourth-order valence-electron chi connectivity index (χ4n) is 2.13. The van der Waals surface area contributed by atoms with E-state index in [1.807, 2.05) is 23.9 Å². The Morgan fingerprint density at radius 2 is 2.39 bits per heavy atom. The monoisotopic (exact) mass is 286 g/mol. The van der Waals surface area contributed by atoms with Gasteiger partial charge in [0.05, 0.1) is 4.92 Å². The minimum Gasteiger partial charge on any atom is -0.362 e. The van der Waals surface area contributed by atoms with Crippen LogP contribution < -0.4 is 4.90 Å². The highest BCUT2D eigenvalue weighted by Crippen LogP contribution is 2.33. The van der Waals surface area contributed by atoms with Gasteiger partial charge in [0, 0.05) is 36.0 Å². The molecule has 1 saturated heterocycles. The van der Waals surface area contributed by atoms with Crippen molar-refractivity contribution in [3.63, 3.8) is 0 Å². The van der Waals surface area contributed by atoms with Gasteiger partial charge in [-0.2, -0.15) is 11.8 Å². The van der Waals surface area contributed by atoms with E-state index < -0.39 is 0 Å². The van der Waals surface area contributed by atoms with Crippen LogP contribution in [0.4, 0.5) is 11.4 Å². The zero-order valence-corrected chi connectivity index (χ0v) is 11.7. The van der Waals surface area contributed by atoms with Crippen LogP contribution in [0.15, 0.2) is 18.2 Å². The topological polar surface area (TPSA) is 46.4 Å². The van der Waals surface area contributed by atoms with Crippen LogP contribution in [-0.2, 0) is 5.88 Å². The van der Waals surface area contributed by atoms with Gasteiger partial charge in [-0.05, 0) is 18.6 Å². The second-order valence-corrected chi connectivity index (χ2v) is 5.75. The van der Waals surface area contributed by atoms with E-state index in [4.69, 9.17) is 11.6 Å². The quantitative estimate of drug-likeness (QED) is 0.486. The zero-order chi connectivity index (χ0) is 13.1. The van der Waals surface area contributed by atoms with E-state index in [0.29, 0.717) is 17.6 Å². The average molecular weight is 287 g/mol. The van der Waals surface area contributed by atoms with Crippen LogP contribution in [0.1, 0.15) is 12.5 Å². The molecule has 0 amide bonds. The molecule has 1 aromatic rings. The third-order valence-corrected chi connectivity index (χ3v) is 4.57. The molecule has 0 radical (unpaired) electrons. The lowest BCUT2D eigenvalue weighted by atomic mass is 10.1. The molecule has 0 bridgehead atoms. The molecule has 0 aromatic heterocycles. The third-order valence-electron chi connectivity index (χ3n) is 3.07. The lowest BCUT2D eigenvalue weighted by Crippen LogP contribution is -2.40. The van der Waals surface area contributed by atoms with Crippen LogP contribution in [0.3, 0.4) is 0 Å². The Kier molecular flexibility index (Phi) is 4.35. The Hall–Kier alpha value is -0.940. The van der Waals surface area contributed by atoms with E-state index in [1.54, 1.807) is 6.07 Å². The molecule has 0 spiro atoms. The van der Waals surface area contributed by atoms with E-state index >= 15 is 0 Å². The Morgan fingerprint density at radius 1 is 1.61 bits per heavy atom. The number of halogens is 1. The number of thioether (sulfide) groups is 1. The Morgan fingerprint density at radius 3 is 3.00 bits per heavy atom. The Bertz CT molecular complexity index is 456. The number of hydrogen-bond donors (Lipinski definition) is 0. The predicted octanol–water partition coefficient (Wildman–Crippen LogP) is 3.28. The van der Waals surface area contributed by atoms with Crippen LogP contribution in [-0.4, -0.2) is 29.0 Å². The summed E-state index contributed by atoms with van der Waals surface area (Å²) in [5.74, 6) is 2.32. The highest BCUT2D eigenvalue weighted by Gasteiger charge is 2.25. The summed E-state index contributed by atoms with van der Waals surface area (Å²) >= 11 is 7.62. The molecule has 1 fully saturated rings. The lowest BCUT2D eigenvalue weighted by Gasteiger charge is -2.34. The largest absolute Gasteiger partial charge is 0.362 e. The maximum atomic E-state index is 11.2. The molecule has 0 saturated carbocycles. The highest BCUT2D eigenvalue weighted by atomic mass is 35.5. The molecule has 18 heavy (non-hydrogen) atoms. The second kappa shape index (κ2) is 5.80. The van der Waals surface area contributed by atoms with Crippen molar-refractivity contribution in [2.24, 2.45) is 0 Å². The lowest BCUT2D eigenvalue weighted by molar-refractivity contribution is -0.384. The minimum atomic E-state index is -0.320. The van der Waals surface area contributed by atoms with Gasteiger partial charge in [-0.1, -0.05) is 6.07 Å². The van der Waals surface area contributed by atoms with Crippen LogP contribution in [0.2, 0.25) is 0 Å². The first-order chi connectivity index (χ1) is 8.63. The van der Waals surface area contributed by atoms with Crippen LogP contribution in [0, 0.1) is 10.1 Å². The molecule has 1 aliphatic heterocycles. The molecule has 1 heterocycles. The number of nitrogens with zero attached hydrogens (tertiary/aromatic N) is 2. The van der Waals surface area contributed by atoms with Gasteiger partial charge in [-0.25, -0.2) is 0 Å². The molecule has 1 unspecified atom stereocenters. The number of nitro groups is 1. The molecular weight excluding hydrogens is 272 g/mol. The number of rotatable bonds is 3. The maximum Gasteiger partial charge on any atom is 0.292 e. The van der Waals surface area contributed by atoms with Gasteiger partial charge in [0.2, 0.25) is 0 Å². The molecule has 1 aliphatic rings. The van der Waals surface area contributed by atoms with Crippen LogP contribution in [0.5, 0.6) is 0 Å². The second-order valence-electron chi connectivity index (χ2n) is 4.33. The number of hydrogen-bond acceptors (Lipinski definition) is 4. The maximum absolute atomic E-state index is 11.2. The number of alkyl halides is 1. The Balaban J connectivity index is 2.39. The van der Waals surface area contributed by atoms with Crippen molar-refractivity contribution >= 4 is 34.7 Å². The summed E-state index contributed by atoms with van der Waals surface area (Å²) in [5.41, 5.74) is 1.65. The van der Waals surface area contributed by atoms with Gasteiger partial charge in [0.1, 0.15) is 5.69 Å². The van der Waals surface area contributed by atoms with Crippen molar-refractivity contribution in [2.75, 3.05) is 23.0 Å². The normalized spacial score (nSPS) is 19.9. The van der Waals surface area contributed by atoms with E-state index in [-0.39, 0.29) is 10.6 Å². The van der Waals surface area contributed by atoms with Crippen LogP contribution in [0.25, 0.3) is 0 Å². The van der Waals surface area contributed by atoms with E-state index in [9.17, 15) is 10.1 Å². The molecule has 6 heteroatoms. The number of nitro benzene ring substituents is 1. The summed E-state index contributed by atoms with van der Waals surface area (Å²) in [5, 5.41) is 11.2. The minimum absolute atomic E-state index is 0.159. The summed E-state index contributed by atoms with van der Waals surface area (Å²) in [4.78, 5) is 13.0. The molecule has 1 aromatic carbocycles. The molecule has 2 rings (SSSR count). The van der Waals surface area contributed by atoms with E-state index in [0.717, 1.165) is 23.6 Å². The highest BCUT2D eigenvalue weighted by molar-refractivity contribution is 7.99. The fraction of sp³-hybridized carbons (Fsp3) is 0.500. The summed E-state index contributed by atoms with van der Waals surface area (Å²) < 4.78 is 0.